The molecule has 5 rings (SSSR count). The Balaban J connectivity index is 1.75. The SMILES string of the molecule is C=C[C@H]1CN2CCC1CC2c1[nH]c2ccccc2c1CCO. The van der Waals surface area contributed by atoms with E-state index in [1.807, 2.05) is 0 Å². The molecule has 4 atom stereocenters. The van der Waals surface area contributed by atoms with Crippen molar-refractivity contribution in [3.05, 3.63) is 48.2 Å². The van der Waals surface area contributed by atoms with Gasteiger partial charge in [-0.15, -0.1) is 6.58 Å². The predicted octanol–water partition coefficient (Wildman–Crippen LogP) is 3.27. The van der Waals surface area contributed by atoms with Gasteiger partial charge in [0.05, 0.1) is 6.04 Å². The maximum atomic E-state index is 9.49. The molecule has 3 nitrogen and oxygen atoms in total. The van der Waals surface area contributed by atoms with Gasteiger partial charge < -0.3 is 10.1 Å². The molecule has 2 bridgehead atoms. The molecule has 0 aliphatic carbocycles. The largest absolute Gasteiger partial charge is 0.396 e. The van der Waals surface area contributed by atoms with Gasteiger partial charge in [-0.25, -0.2) is 0 Å². The fourth-order valence-electron chi connectivity index (χ4n) is 4.52. The van der Waals surface area contributed by atoms with Gasteiger partial charge in [-0.1, -0.05) is 24.3 Å². The number of aliphatic hydroxyl groups excluding tert-OH is 1. The molecule has 1 aromatic heterocycles. The fraction of sp³-hybridized carbons (Fsp3) is 0.474. The number of hydrogen-bond acceptors (Lipinski definition) is 2. The summed E-state index contributed by atoms with van der Waals surface area (Å²) in [5.41, 5.74) is 3.84. The van der Waals surface area contributed by atoms with Gasteiger partial charge in [0.15, 0.2) is 0 Å². The summed E-state index contributed by atoms with van der Waals surface area (Å²) < 4.78 is 0. The Morgan fingerprint density at radius 3 is 2.95 bits per heavy atom. The minimum atomic E-state index is 0.209. The quantitative estimate of drug-likeness (QED) is 0.850. The van der Waals surface area contributed by atoms with Gasteiger partial charge in [-0.2, -0.15) is 0 Å². The van der Waals surface area contributed by atoms with E-state index in [2.05, 4.69) is 46.8 Å². The number of fused-ring (bicyclic) bond motifs is 4. The molecule has 3 heteroatoms. The summed E-state index contributed by atoms with van der Waals surface area (Å²) in [6.07, 6.45) is 5.39. The second kappa shape index (κ2) is 5.56. The minimum Gasteiger partial charge on any atom is -0.396 e. The Morgan fingerprint density at radius 2 is 2.23 bits per heavy atom. The molecule has 3 unspecified atom stereocenters. The predicted molar refractivity (Wildman–Crippen MR) is 89.8 cm³/mol. The highest BCUT2D eigenvalue weighted by Gasteiger charge is 2.40. The zero-order valence-corrected chi connectivity index (χ0v) is 13.0. The van der Waals surface area contributed by atoms with Crippen molar-refractivity contribution < 1.29 is 5.11 Å². The molecular formula is C19H24N2O. The Bertz CT molecular complexity index is 690. The summed E-state index contributed by atoms with van der Waals surface area (Å²) in [7, 11) is 0. The molecule has 0 saturated carbocycles. The van der Waals surface area contributed by atoms with Crippen LogP contribution in [-0.4, -0.2) is 34.7 Å². The number of rotatable bonds is 4. The van der Waals surface area contributed by atoms with Crippen LogP contribution in [0, 0.1) is 11.8 Å². The van der Waals surface area contributed by atoms with Gasteiger partial charge >= 0.3 is 0 Å². The van der Waals surface area contributed by atoms with E-state index in [1.165, 1.54) is 41.5 Å². The van der Waals surface area contributed by atoms with Crippen LogP contribution in [0.1, 0.15) is 30.1 Å². The summed E-state index contributed by atoms with van der Waals surface area (Å²) in [5.74, 6) is 1.41. The summed E-state index contributed by atoms with van der Waals surface area (Å²) in [6, 6.07) is 8.95. The molecule has 2 N–H and O–H groups in total. The summed E-state index contributed by atoms with van der Waals surface area (Å²) in [6.45, 7) is 6.54. The first kappa shape index (κ1) is 14.0. The van der Waals surface area contributed by atoms with Crippen LogP contribution in [0.5, 0.6) is 0 Å². The van der Waals surface area contributed by atoms with E-state index in [-0.39, 0.29) is 6.61 Å². The molecule has 2 aromatic rings. The molecular weight excluding hydrogens is 272 g/mol. The maximum Gasteiger partial charge on any atom is 0.0504 e. The lowest BCUT2D eigenvalue weighted by Crippen LogP contribution is -2.48. The molecule has 22 heavy (non-hydrogen) atoms. The van der Waals surface area contributed by atoms with E-state index in [0.29, 0.717) is 12.0 Å². The van der Waals surface area contributed by atoms with Gasteiger partial charge in [-0.3, -0.25) is 4.90 Å². The van der Waals surface area contributed by atoms with Crippen LogP contribution < -0.4 is 0 Å². The molecule has 0 spiro atoms. The monoisotopic (exact) mass is 296 g/mol. The number of aliphatic hydroxyl groups is 1. The zero-order valence-electron chi connectivity index (χ0n) is 13.0. The minimum absolute atomic E-state index is 0.209. The Labute approximate surface area is 131 Å². The molecule has 3 aliphatic heterocycles. The number of piperidine rings is 3. The number of aromatic nitrogens is 1. The Kier molecular flexibility index (Phi) is 3.55. The molecule has 3 aliphatic rings. The van der Waals surface area contributed by atoms with Crippen molar-refractivity contribution >= 4 is 10.9 Å². The van der Waals surface area contributed by atoms with Crippen LogP contribution >= 0.6 is 0 Å². The fourth-order valence-corrected chi connectivity index (χ4v) is 4.52. The van der Waals surface area contributed by atoms with Gasteiger partial charge in [0.1, 0.15) is 0 Å². The molecule has 1 aromatic carbocycles. The van der Waals surface area contributed by atoms with E-state index in [9.17, 15) is 5.11 Å². The number of nitrogens with zero attached hydrogens (tertiary/aromatic N) is 1. The number of nitrogens with one attached hydrogen (secondary N) is 1. The van der Waals surface area contributed by atoms with Crippen LogP contribution in [0.25, 0.3) is 10.9 Å². The van der Waals surface area contributed by atoms with Crippen molar-refractivity contribution in [2.45, 2.75) is 25.3 Å². The third-order valence-electron chi connectivity index (χ3n) is 5.65. The average Bonchev–Trinajstić information content (AvgIpc) is 2.94. The van der Waals surface area contributed by atoms with Crippen molar-refractivity contribution in [2.24, 2.45) is 11.8 Å². The second-order valence-electron chi connectivity index (χ2n) is 6.73. The molecule has 0 radical (unpaired) electrons. The first-order valence-corrected chi connectivity index (χ1v) is 8.38. The van der Waals surface area contributed by atoms with Crippen LogP contribution in [0.15, 0.2) is 36.9 Å². The maximum absolute atomic E-state index is 9.49. The van der Waals surface area contributed by atoms with Crippen LogP contribution in [-0.2, 0) is 6.42 Å². The Morgan fingerprint density at radius 1 is 1.36 bits per heavy atom. The molecule has 0 amide bonds. The second-order valence-corrected chi connectivity index (χ2v) is 6.73. The molecule has 4 heterocycles. The van der Waals surface area contributed by atoms with E-state index >= 15 is 0 Å². The Hall–Kier alpha value is -1.58. The smallest absolute Gasteiger partial charge is 0.0504 e. The highest BCUT2D eigenvalue weighted by molar-refractivity contribution is 5.84. The lowest BCUT2D eigenvalue weighted by atomic mass is 9.74. The van der Waals surface area contributed by atoms with Crippen molar-refractivity contribution in [1.82, 2.24) is 9.88 Å². The molecule has 3 saturated heterocycles. The van der Waals surface area contributed by atoms with E-state index in [0.717, 1.165) is 18.9 Å². The topological polar surface area (TPSA) is 39.3 Å². The normalized spacial score (nSPS) is 30.8. The third-order valence-corrected chi connectivity index (χ3v) is 5.65. The summed E-state index contributed by atoms with van der Waals surface area (Å²) in [5, 5.41) is 10.8. The standard InChI is InChI=1S/C19H24N2O/c1-2-13-12-21-9-7-14(13)11-18(21)19-16(8-10-22)15-5-3-4-6-17(15)20-19/h2-6,13-14,18,20,22H,1,7-12H2/t13-,14?,18?/m0/s1. The van der Waals surface area contributed by atoms with Gasteiger partial charge in [0.2, 0.25) is 0 Å². The number of para-hydroxylation sites is 1. The molecule has 116 valence electrons. The van der Waals surface area contributed by atoms with Gasteiger partial charge in [0.25, 0.3) is 0 Å². The molecule has 3 fully saturated rings. The van der Waals surface area contributed by atoms with E-state index < -0.39 is 0 Å². The summed E-state index contributed by atoms with van der Waals surface area (Å²) >= 11 is 0. The van der Waals surface area contributed by atoms with E-state index in [1.54, 1.807) is 0 Å². The first-order valence-electron chi connectivity index (χ1n) is 8.38. The van der Waals surface area contributed by atoms with Crippen LogP contribution in [0.3, 0.4) is 0 Å². The van der Waals surface area contributed by atoms with Crippen LogP contribution in [0.4, 0.5) is 0 Å². The number of benzene rings is 1. The summed E-state index contributed by atoms with van der Waals surface area (Å²) in [4.78, 5) is 6.27. The zero-order chi connectivity index (χ0) is 15.1. The number of H-pyrrole nitrogens is 1. The lowest BCUT2D eigenvalue weighted by Gasteiger charge is -2.49. The van der Waals surface area contributed by atoms with Gasteiger partial charge in [0, 0.05) is 29.7 Å². The first-order chi connectivity index (χ1) is 10.8. The van der Waals surface area contributed by atoms with Crippen LogP contribution in [0.2, 0.25) is 0 Å². The average molecular weight is 296 g/mol. The van der Waals surface area contributed by atoms with Gasteiger partial charge in [-0.05, 0) is 49.3 Å². The number of hydrogen-bond donors (Lipinski definition) is 2. The third kappa shape index (κ3) is 2.11. The highest BCUT2D eigenvalue weighted by Crippen LogP contribution is 2.45. The van der Waals surface area contributed by atoms with Crippen molar-refractivity contribution in [3.8, 4) is 0 Å². The van der Waals surface area contributed by atoms with Crippen molar-refractivity contribution in [3.63, 3.8) is 0 Å². The lowest BCUT2D eigenvalue weighted by molar-refractivity contribution is 0.0163. The number of aromatic amines is 1. The van der Waals surface area contributed by atoms with Crippen molar-refractivity contribution in [2.75, 3.05) is 19.7 Å². The van der Waals surface area contributed by atoms with Crippen molar-refractivity contribution in [1.29, 1.82) is 0 Å². The highest BCUT2D eigenvalue weighted by atomic mass is 16.2. The van der Waals surface area contributed by atoms with E-state index in [4.69, 9.17) is 0 Å².